The second-order valence-corrected chi connectivity index (χ2v) is 8.70. The van der Waals surface area contributed by atoms with Crippen LogP contribution in [-0.2, 0) is 11.2 Å². The van der Waals surface area contributed by atoms with Crippen LogP contribution in [0.2, 0.25) is 0 Å². The molecule has 1 fully saturated rings. The highest BCUT2D eigenvalue weighted by atomic mass is 32.1. The number of carbonyl (C=O) groups excluding carboxylic acids is 2. The molecule has 7 heteroatoms. The molecule has 0 radical (unpaired) electrons. The number of aromatic nitrogens is 1. The Kier molecular flexibility index (Phi) is 5.47. The third kappa shape index (κ3) is 3.65. The lowest BCUT2D eigenvalue weighted by Crippen LogP contribution is -2.44. The third-order valence-corrected chi connectivity index (χ3v) is 6.63. The fourth-order valence-electron chi connectivity index (χ4n) is 4.30. The molecule has 1 saturated heterocycles. The molecule has 0 unspecified atom stereocenters. The largest absolute Gasteiger partial charge is 0.361 e. The Morgan fingerprint density at radius 2 is 1.97 bits per heavy atom. The van der Waals surface area contributed by atoms with E-state index in [1.807, 2.05) is 0 Å². The van der Waals surface area contributed by atoms with E-state index in [0.29, 0.717) is 42.9 Å². The van der Waals surface area contributed by atoms with Gasteiger partial charge in [-0.3, -0.25) is 9.59 Å². The van der Waals surface area contributed by atoms with Crippen molar-refractivity contribution in [2.45, 2.75) is 26.7 Å². The summed E-state index contributed by atoms with van der Waals surface area (Å²) in [5.41, 5.74) is 3.89. The average Bonchev–Trinajstić information content (AvgIpc) is 3.49. The van der Waals surface area contributed by atoms with Gasteiger partial charge in [-0.25, -0.2) is 0 Å². The molecule has 3 heterocycles. The molecule has 0 spiro atoms. The monoisotopic (exact) mass is 423 g/mol. The van der Waals surface area contributed by atoms with Gasteiger partial charge in [-0.05, 0) is 60.2 Å². The van der Waals surface area contributed by atoms with E-state index < -0.39 is 5.41 Å². The van der Waals surface area contributed by atoms with Gasteiger partial charge >= 0.3 is 0 Å². The first kappa shape index (κ1) is 20.3. The molecular formula is C23H25N3O3S. The highest BCUT2D eigenvalue weighted by molar-refractivity contribution is 7.08. The molecule has 156 valence electrons. The quantitative estimate of drug-likeness (QED) is 0.677. The van der Waals surface area contributed by atoms with Gasteiger partial charge in [0.25, 0.3) is 5.91 Å². The summed E-state index contributed by atoms with van der Waals surface area (Å²) >= 11 is 1.67. The molecule has 3 aromatic rings. The summed E-state index contributed by atoms with van der Waals surface area (Å²) in [6.07, 6.45) is 1.20. The van der Waals surface area contributed by atoms with Crippen LogP contribution < -0.4 is 5.32 Å². The van der Waals surface area contributed by atoms with Gasteiger partial charge in [0, 0.05) is 20.1 Å². The van der Waals surface area contributed by atoms with E-state index in [2.05, 4.69) is 51.6 Å². The Morgan fingerprint density at radius 3 is 2.57 bits per heavy atom. The lowest BCUT2D eigenvalue weighted by atomic mass is 9.79. The van der Waals surface area contributed by atoms with Crippen molar-refractivity contribution in [2.75, 3.05) is 20.1 Å². The number of nitrogens with zero attached hydrogens (tertiary/aromatic N) is 2. The van der Waals surface area contributed by atoms with Crippen molar-refractivity contribution in [3.63, 3.8) is 0 Å². The van der Waals surface area contributed by atoms with Gasteiger partial charge in [-0.1, -0.05) is 29.4 Å². The van der Waals surface area contributed by atoms with Crippen molar-refractivity contribution in [2.24, 2.45) is 5.41 Å². The Labute approximate surface area is 179 Å². The van der Waals surface area contributed by atoms with Crippen molar-refractivity contribution in [1.82, 2.24) is 15.4 Å². The Hall–Kier alpha value is -2.93. The maximum Gasteiger partial charge on any atom is 0.259 e. The minimum Gasteiger partial charge on any atom is -0.361 e. The van der Waals surface area contributed by atoms with E-state index in [1.54, 1.807) is 37.1 Å². The molecule has 4 rings (SSSR count). The molecule has 0 aliphatic carbocycles. The van der Waals surface area contributed by atoms with Crippen molar-refractivity contribution in [3.05, 3.63) is 63.7 Å². The van der Waals surface area contributed by atoms with Crippen LogP contribution in [0, 0.1) is 19.3 Å². The minimum atomic E-state index is -0.646. The molecule has 6 nitrogen and oxygen atoms in total. The number of benzene rings is 1. The fourth-order valence-corrected chi connectivity index (χ4v) is 4.97. The third-order valence-electron chi connectivity index (χ3n) is 5.95. The van der Waals surface area contributed by atoms with Gasteiger partial charge in [-0.15, -0.1) is 0 Å². The predicted molar refractivity (Wildman–Crippen MR) is 116 cm³/mol. The standard InChI is InChI=1S/C23H25N3O3S/c1-15-20(16(2)29-25-15)21(27)26-10-9-23(14-26,22(28)24-3)12-17-4-6-18(7-5-17)19-8-11-30-13-19/h4-8,11,13H,9-10,12,14H2,1-3H3,(H,24,28)/t23-/m0/s1. The van der Waals surface area contributed by atoms with E-state index in [4.69, 9.17) is 4.52 Å². The molecule has 1 aliphatic rings. The van der Waals surface area contributed by atoms with E-state index >= 15 is 0 Å². The van der Waals surface area contributed by atoms with Crippen LogP contribution in [0.5, 0.6) is 0 Å². The highest BCUT2D eigenvalue weighted by Gasteiger charge is 2.46. The van der Waals surface area contributed by atoms with E-state index in [9.17, 15) is 9.59 Å². The van der Waals surface area contributed by atoms with E-state index in [-0.39, 0.29) is 11.8 Å². The molecule has 1 atom stereocenters. The molecule has 2 amide bonds. The molecule has 2 aromatic heterocycles. The summed E-state index contributed by atoms with van der Waals surface area (Å²) in [7, 11) is 1.66. The summed E-state index contributed by atoms with van der Waals surface area (Å²) in [6, 6.07) is 10.4. The van der Waals surface area contributed by atoms with E-state index in [1.165, 1.54) is 5.56 Å². The van der Waals surface area contributed by atoms with Gasteiger partial charge in [0.1, 0.15) is 11.3 Å². The van der Waals surface area contributed by atoms with Crippen LogP contribution in [0.25, 0.3) is 11.1 Å². The van der Waals surface area contributed by atoms with Crippen molar-refractivity contribution >= 4 is 23.2 Å². The predicted octanol–water partition coefficient (Wildman–Crippen LogP) is 3.84. The highest BCUT2D eigenvalue weighted by Crippen LogP contribution is 2.36. The van der Waals surface area contributed by atoms with Gasteiger partial charge in [0.15, 0.2) is 0 Å². The van der Waals surface area contributed by atoms with Crippen molar-refractivity contribution in [3.8, 4) is 11.1 Å². The topological polar surface area (TPSA) is 75.4 Å². The van der Waals surface area contributed by atoms with Gasteiger partial charge in [0.05, 0.1) is 11.1 Å². The number of aryl methyl sites for hydroxylation is 2. The number of hydrogen-bond acceptors (Lipinski definition) is 5. The Balaban J connectivity index is 1.56. The number of likely N-dealkylation sites (tertiary alicyclic amines) is 1. The SMILES string of the molecule is CNC(=O)[C@]1(Cc2ccc(-c3ccsc3)cc2)CCN(C(=O)c2c(C)noc2C)C1. The Morgan fingerprint density at radius 1 is 1.20 bits per heavy atom. The van der Waals surface area contributed by atoms with Gasteiger partial charge in [0.2, 0.25) is 5.91 Å². The van der Waals surface area contributed by atoms with Crippen LogP contribution in [0.3, 0.4) is 0 Å². The number of thiophene rings is 1. The zero-order valence-corrected chi connectivity index (χ0v) is 18.2. The molecule has 0 saturated carbocycles. The maximum atomic E-state index is 13.1. The molecule has 30 heavy (non-hydrogen) atoms. The average molecular weight is 424 g/mol. The zero-order chi connectivity index (χ0) is 21.3. The lowest BCUT2D eigenvalue weighted by Gasteiger charge is -2.28. The molecule has 1 N–H and O–H groups in total. The summed E-state index contributed by atoms with van der Waals surface area (Å²) in [5, 5.41) is 10.9. The first-order valence-electron chi connectivity index (χ1n) is 9.99. The van der Waals surface area contributed by atoms with Crippen LogP contribution >= 0.6 is 11.3 Å². The number of rotatable bonds is 5. The summed E-state index contributed by atoms with van der Waals surface area (Å²) < 4.78 is 5.16. The molecule has 0 bridgehead atoms. The van der Waals surface area contributed by atoms with Gasteiger partial charge < -0.3 is 14.7 Å². The molecular weight excluding hydrogens is 398 g/mol. The van der Waals surface area contributed by atoms with Crippen molar-refractivity contribution < 1.29 is 14.1 Å². The second kappa shape index (κ2) is 8.07. The summed E-state index contributed by atoms with van der Waals surface area (Å²) in [6.45, 7) is 4.41. The van der Waals surface area contributed by atoms with Crippen LogP contribution in [-0.4, -0.2) is 42.0 Å². The second-order valence-electron chi connectivity index (χ2n) is 7.92. The van der Waals surface area contributed by atoms with Crippen LogP contribution in [0.4, 0.5) is 0 Å². The number of nitrogens with one attached hydrogen (secondary N) is 1. The Bertz CT molecular complexity index is 1040. The van der Waals surface area contributed by atoms with Crippen LogP contribution in [0.1, 0.15) is 33.8 Å². The van der Waals surface area contributed by atoms with Crippen LogP contribution in [0.15, 0.2) is 45.6 Å². The zero-order valence-electron chi connectivity index (χ0n) is 17.4. The van der Waals surface area contributed by atoms with Gasteiger partial charge in [-0.2, -0.15) is 11.3 Å². The number of hydrogen-bond donors (Lipinski definition) is 1. The van der Waals surface area contributed by atoms with Crippen molar-refractivity contribution in [1.29, 1.82) is 0 Å². The van der Waals surface area contributed by atoms with E-state index in [0.717, 1.165) is 11.1 Å². The first-order chi connectivity index (χ1) is 14.4. The summed E-state index contributed by atoms with van der Waals surface area (Å²) in [4.78, 5) is 27.7. The fraction of sp³-hybridized carbons (Fsp3) is 0.348. The molecule has 1 aromatic carbocycles. The minimum absolute atomic E-state index is 0.0292. The molecule has 1 aliphatic heterocycles. The summed E-state index contributed by atoms with van der Waals surface area (Å²) in [5.74, 6) is 0.363. The number of amides is 2. The smallest absolute Gasteiger partial charge is 0.259 e. The number of carbonyl (C=O) groups is 2. The normalized spacial score (nSPS) is 18.6. The lowest BCUT2D eigenvalue weighted by molar-refractivity contribution is -0.129. The maximum absolute atomic E-state index is 13.1. The first-order valence-corrected chi connectivity index (χ1v) is 10.9.